The van der Waals surface area contributed by atoms with Crippen LogP contribution < -0.4 is 0 Å². The monoisotopic (exact) mass is 134 g/mol. The first-order valence-corrected chi connectivity index (χ1v) is 3.02. The van der Waals surface area contributed by atoms with Gasteiger partial charge in [-0.3, -0.25) is 9.56 Å². The molecule has 0 unspecified atom stereocenters. The number of allylic oxidation sites excluding steroid dienone is 1. The molecule has 0 saturated heterocycles. The molecule has 1 aromatic heterocycles. The summed E-state index contributed by atoms with van der Waals surface area (Å²) in [4.78, 5) is 4.05. The van der Waals surface area contributed by atoms with E-state index in [4.69, 9.17) is 0 Å². The van der Waals surface area contributed by atoms with Gasteiger partial charge in [-0.2, -0.15) is 0 Å². The fourth-order valence-electron chi connectivity index (χ4n) is 0.831. The standard InChI is InChI=1S/C6H6N4/c1-2-7-4-6-9-8-5-10(6)3-1/h1-3,5H,4H2. The van der Waals surface area contributed by atoms with Crippen molar-refractivity contribution in [2.75, 3.05) is 0 Å². The van der Waals surface area contributed by atoms with Crippen molar-refractivity contribution in [3.05, 3.63) is 18.2 Å². The van der Waals surface area contributed by atoms with Gasteiger partial charge in [0.2, 0.25) is 0 Å². The lowest BCUT2D eigenvalue weighted by molar-refractivity contribution is 0.890. The van der Waals surface area contributed by atoms with E-state index in [1.54, 1.807) is 12.5 Å². The van der Waals surface area contributed by atoms with Crippen molar-refractivity contribution in [3.8, 4) is 0 Å². The van der Waals surface area contributed by atoms with Crippen molar-refractivity contribution >= 4 is 12.4 Å². The SMILES string of the molecule is C1=Cn2cnnc2CN=C1. The molecule has 50 valence electrons. The lowest BCUT2D eigenvalue weighted by Gasteiger charge is -1.91. The summed E-state index contributed by atoms with van der Waals surface area (Å²) < 4.78 is 1.85. The van der Waals surface area contributed by atoms with Crippen LogP contribution in [0.3, 0.4) is 0 Å². The molecule has 10 heavy (non-hydrogen) atoms. The van der Waals surface area contributed by atoms with Crippen LogP contribution >= 0.6 is 0 Å². The van der Waals surface area contributed by atoms with E-state index >= 15 is 0 Å². The summed E-state index contributed by atoms with van der Waals surface area (Å²) in [5, 5.41) is 7.60. The first kappa shape index (κ1) is 5.34. The number of aromatic nitrogens is 3. The molecular formula is C6H6N4. The van der Waals surface area contributed by atoms with Gasteiger partial charge < -0.3 is 0 Å². The zero-order valence-corrected chi connectivity index (χ0v) is 5.31. The third-order valence-electron chi connectivity index (χ3n) is 1.32. The van der Waals surface area contributed by atoms with Gasteiger partial charge in [-0.1, -0.05) is 0 Å². The van der Waals surface area contributed by atoms with Crippen LogP contribution in [0.15, 0.2) is 17.4 Å². The van der Waals surface area contributed by atoms with Gasteiger partial charge in [-0.15, -0.1) is 10.2 Å². The van der Waals surface area contributed by atoms with Crippen LogP contribution in [0.1, 0.15) is 5.82 Å². The summed E-state index contributed by atoms with van der Waals surface area (Å²) >= 11 is 0. The Labute approximate surface area is 57.9 Å². The third kappa shape index (κ3) is 0.737. The van der Waals surface area contributed by atoms with Gasteiger partial charge >= 0.3 is 0 Å². The first-order valence-electron chi connectivity index (χ1n) is 3.02. The Balaban J connectivity index is 2.50. The zero-order chi connectivity index (χ0) is 6.81. The number of fused-ring (bicyclic) bond motifs is 1. The Morgan fingerprint density at radius 1 is 1.50 bits per heavy atom. The van der Waals surface area contributed by atoms with Gasteiger partial charge in [0, 0.05) is 12.4 Å². The summed E-state index contributed by atoms with van der Waals surface area (Å²) in [7, 11) is 0. The number of hydrogen-bond donors (Lipinski definition) is 0. The van der Waals surface area contributed by atoms with Crippen molar-refractivity contribution in [1.82, 2.24) is 14.8 Å². The van der Waals surface area contributed by atoms with E-state index in [1.165, 1.54) is 0 Å². The number of rotatable bonds is 0. The van der Waals surface area contributed by atoms with Gasteiger partial charge in [-0.05, 0) is 6.08 Å². The molecule has 2 heterocycles. The second kappa shape index (κ2) is 2.06. The highest BCUT2D eigenvalue weighted by Crippen LogP contribution is 1.99. The molecule has 1 aliphatic heterocycles. The molecule has 0 bridgehead atoms. The van der Waals surface area contributed by atoms with E-state index in [1.807, 2.05) is 16.8 Å². The minimum atomic E-state index is 0.618. The van der Waals surface area contributed by atoms with Crippen LogP contribution in [0, 0.1) is 0 Å². The molecule has 0 amide bonds. The molecule has 1 aliphatic rings. The van der Waals surface area contributed by atoms with Crippen molar-refractivity contribution in [2.24, 2.45) is 4.99 Å². The molecule has 0 fully saturated rings. The predicted octanol–water partition coefficient (Wildman–Crippen LogP) is 0.333. The van der Waals surface area contributed by atoms with Crippen LogP contribution in [0.5, 0.6) is 0 Å². The van der Waals surface area contributed by atoms with E-state index in [9.17, 15) is 0 Å². The quantitative estimate of drug-likeness (QED) is 0.513. The first-order chi connectivity index (χ1) is 4.97. The van der Waals surface area contributed by atoms with E-state index in [0.29, 0.717) is 6.54 Å². The number of hydrogen-bond acceptors (Lipinski definition) is 3. The summed E-state index contributed by atoms with van der Waals surface area (Å²) in [5.74, 6) is 0.880. The van der Waals surface area contributed by atoms with Crippen LogP contribution in [-0.4, -0.2) is 21.0 Å². The summed E-state index contributed by atoms with van der Waals surface area (Å²) in [5.41, 5.74) is 0. The smallest absolute Gasteiger partial charge is 0.158 e. The minimum absolute atomic E-state index is 0.618. The Morgan fingerprint density at radius 2 is 2.50 bits per heavy atom. The van der Waals surface area contributed by atoms with Gasteiger partial charge in [0.15, 0.2) is 5.82 Å². The molecule has 0 aliphatic carbocycles. The average molecular weight is 134 g/mol. The Morgan fingerprint density at radius 3 is 3.50 bits per heavy atom. The molecule has 0 saturated carbocycles. The maximum atomic E-state index is 4.05. The highest BCUT2D eigenvalue weighted by Gasteiger charge is 1.99. The van der Waals surface area contributed by atoms with E-state index in [2.05, 4.69) is 15.2 Å². The van der Waals surface area contributed by atoms with Crippen LogP contribution in [-0.2, 0) is 6.54 Å². The molecule has 0 atom stereocenters. The third-order valence-corrected chi connectivity index (χ3v) is 1.32. The van der Waals surface area contributed by atoms with Crippen molar-refractivity contribution in [3.63, 3.8) is 0 Å². The zero-order valence-electron chi connectivity index (χ0n) is 5.31. The molecule has 4 heteroatoms. The Hall–Kier alpha value is -1.45. The van der Waals surface area contributed by atoms with Crippen molar-refractivity contribution in [1.29, 1.82) is 0 Å². The molecule has 0 spiro atoms. The molecular weight excluding hydrogens is 128 g/mol. The lowest BCUT2D eigenvalue weighted by atomic mass is 10.6. The topological polar surface area (TPSA) is 43.1 Å². The molecule has 2 rings (SSSR count). The van der Waals surface area contributed by atoms with E-state index in [-0.39, 0.29) is 0 Å². The van der Waals surface area contributed by atoms with Gasteiger partial charge in [0.1, 0.15) is 6.33 Å². The van der Waals surface area contributed by atoms with Crippen LogP contribution in [0.25, 0.3) is 6.20 Å². The lowest BCUT2D eigenvalue weighted by Crippen LogP contribution is -1.91. The molecule has 0 radical (unpaired) electrons. The van der Waals surface area contributed by atoms with Crippen LogP contribution in [0.4, 0.5) is 0 Å². The van der Waals surface area contributed by atoms with Gasteiger partial charge in [0.05, 0.1) is 6.54 Å². The highest BCUT2D eigenvalue weighted by molar-refractivity contribution is 5.75. The fraction of sp³-hybridized carbons (Fsp3) is 0.167. The fourth-order valence-corrected chi connectivity index (χ4v) is 0.831. The minimum Gasteiger partial charge on any atom is -0.291 e. The second-order valence-corrected chi connectivity index (χ2v) is 1.99. The number of aliphatic imine (C=N–C) groups is 1. The Kier molecular flexibility index (Phi) is 1.10. The molecule has 0 aromatic carbocycles. The summed E-state index contributed by atoms with van der Waals surface area (Å²) in [6, 6.07) is 0. The van der Waals surface area contributed by atoms with Crippen LogP contribution in [0.2, 0.25) is 0 Å². The maximum absolute atomic E-state index is 4.05. The van der Waals surface area contributed by atoms with Gasteiger partial charge in [-0.25, -0.2) is 0 Å². The Bertz CT molecular complexity index is 284. The largest absolute Gasteiger partial charge is 0.291 e. The normalized spacial score (nSPS) is 14.8. The summed E-state index contributed by atoms with van der Waals surface area (Å²) in [6.07, 6.45) is 7.17. The van der Waals surface area contributed by atoms with E-state index < -0.39 is 0 Å². The number of nitrogens with zero attached hydrogens (tertiary/aromatic N) is 4. The second-order valence-electron chi connectivity index (χ2n) is 1.99. The highest BCUT2D eigenvalue weighted by atomic mass is 15.3. The van der Waals surface area contributed by atoms with Crippen molar-refractivity contribution in [2.45, 2.75) is 6.54 Å². The molecule has 4 nitrogen and oxygen atoms in total. The average Bonchev–Trinajstić information content (AvgIpc) is 2.28. The molecule has 1 aromatic rings. The van der Waals surface area contributed by atoms with Gasteiger partial charge in [0.25, 0.3) is 0 Å². The van der Waals surface area contributed by atoms with Crippen molar-refractivity contribution < 1.29 is 0 Å². The predicted molar refractivity (Wildman–Crippen MR) is 37.5 cm³/mol. The summed E-state index contributed by atoms with van der Waals surface area (Å²) in [6.45, 7) is 0.618. The molecule has 0 N–H and O–H groups in total. The van der Waals surface area contributed by atoms with E-state index in [0.717, 1.165) is 5.82 Å². The maximum Gasteiger partial charge on any atom is 0.158 e.